The Kier molecular flexibility index (Phi) is 6.47. The summed E-state index contributed by atoms with van der Waals surface area (Å²) in [6.07, 6.45) is -1.83. The van der Waals surface area contributed by atoms with Crippen LogP contribution < -0.4 is 11.1 Å². The molecule has 12 heteroatoms. The average molecular weight is 483 g/mol. The fourth-order valence-corrected chi connectivity index (χ4v) is 3.43. The average Bonchev–Trinajstić information content (AvgIpc) is 3.29. The molecule has 1 amide bonds. The van der Waals surface area contributed by atoms with E-state index in [1.807, 2.05) is 0 Å². The number of aliphatic hydroxyl groups excluding tert-OH is 1. The Hall–Kier alpha value is -4.32. The number of hydrogen-bond donors (Lipinski definition) is 3. The number of nitrogens with two attached hydrogens (primary N) is 1. The smallest absolute Gasteiger partial charge is 0.394 e. The second-order valence-electron chi connectivity index (χ2n) is 7.74. The van der Waals surface area contributed by atoms with E-state index in [9.17, 15) is 23.1 Å². The van der Waals surface area contributed by atoms with Crippen LogP contribution in [0.2, 0.25) is 0 Å². The number of amides is 1. The zero-order valence-corrected chi connectivity index (χ0v) is 18.4. The van der Waals surface area contributed by atoms with E-state index in [1.165, 1.54) is 4.68 Å². The molecule has 3 aromatic heterocycles. The molecule has 0 bridgehead atoms. The second kappa shape index (κ2) is 9.50. The van der Waals surface area contributed by atoms with Gasteiger partial charge in [0.2, 0.25) is 5.91 Å². The third kappa shape index (κ3) is 5.44. The number of aryl methyl sites for hydroxylation is 1. The highest BCUT2D eigenvalue weighted by molar-refractivity contribution is 5.92. The number of nitrogens with zero attached hydrogens (tertiary/aromatic N) is 5. The minimum absolute atomic E-state index is 0.00715. The molecule has 1 aromatic carbocycles. The van der Waals surface area contributed by atoms with Crippen molar-refractivity contribution in [3.8, 4) is 11.4 Å². The highest BCUT2D eigenvalue weighted by atomic mass is 19.4. The minimum Gasteiger partial charge on any atom is -0.394 e. The zero-order chi connectivity index (χ0) is 25.2. The fraction of sp³-hybridized carbons (Fsp3) is 0.174. The SMILES string of the molecule is Cc1cc(Nc2cc(C(F)(F)F)ccn2)nc(-c2cn(C(CO)c3ccc(C(N)=O)cc3)nn2)c1. The summed E-state index contributed by atoms with van der Waals surface area (Å²) in [5.41, 5.74) is 7.05. The lowest BCUT2D eigenvalue weighted by Gasteiger charge is -2.14. The number of aliphatic hydroxyl groups is 1. The summed E-state index contributed by atoms with van der Waals surface area (Å²) >= 11 is 0. The lowest BCUT2D eigenvalue weighted by atomic mass is 10.1. The topological polar surface area (TPSA) is 132 Å². The molecule has 0 spiro atoms. The highest BCUT2D eigenvalue weighted by Gasteiger charge is 2.30. The highest BCUT2D eigenvalue weighted by Crippen LogP contribution is 2.31. The lowest BCUT2D eigenvalue weighted by Crippen LogP contribution is -2.16. The predicted octanol–water partition coefficient (Wildman–Crippen LogP) is 3.49. The van der Waals surface area contributed by atoms with Crippen LogP contribution in [0.15, 0.2) is 60.9 Å². The van der Waals surface area contributed by atoms with Crippen LogP contribution >= 0.6 is 0 Å². The van der Waals surface area contributed by atoms with Crippen molar-refractivity contribution in [2.75, 3.05) is 11.9 Å². The minimum atomic E-state index is -4.49. The summed E-state index contributed by atoms with van der Waals surface area (Å²) in [6, 6.07) is 11.1. The van der Waals surface area contributed by atoms with E-state index in [1.54, 1.807) is 49.5 Å². The lowest BCUT2D eigenvalue weighted by molar-refractivity contribution is -0.137. The fourth-order valence-electron chi connectivity index (χ4n) is 3.43. The van der Waals surface area contributed by atoms with Crippen molar-refractivity contribution in [2.24, 2.45) is 5.73 Å². The van der Waals surface area contributed by atoms with Gasteiger partial charge in [0.25, 0.3) is 0 Å². The number of carbonyl (C=O) groups is 1. The number of benzene rings is 1. The van der Waals surface area contributed by atoms with Gasteiger partial charge in [-0.05, 0) is 54.4 Å². The van der Waals surface area contributed by atoms with Gasteiger partial charge in [0.05, 0.1) is 24.1 Å². The van der Waals surface area contributed by atoms with Crippen molar-refractivity contribution in [1.29, 1.82) is 0 Å². The van der Waals surface area contributed by atoms with Gasteiger partial charge in [-0.25, -0.2) is 14.6 Å². The molecule has 1 unspecified atom stereocenters. The molecule has 0 radical (unpaired) electrons. The normalized spacial score (nSPS) is 12.4. The van der Waals surface area contributed by atoms with Crippen LogP contribution in [0, 0.1) is 6.92 Å². The molecule has 4 aromatic rings. The van der Waals surface area contributed by atoms with E-state index >= 15 is 0 Å². The Morgan fingerprint density at radius 3 is 2.51 bits per heavy atom. The van der Waals surface area contributed by atoms with E-state index < -0.39 is 23.7 Å². The molecule has 35 heavy (non-hydrogen) atoms. The van der Waals surface area contributed by atoms with E-state index in [0.717, 1.165) is 23.9 Å². The second-order valence-corrected chi connectivity index (χ2v) is 7.74. The van der Waals surface area contributed by atoms with Gasteiger partial charge in [0, 0.05) is 11.8 Å². The van der Waals surface area contributed by atoms with Gasteiger partial charge in [-0.3, -0.25) is 4.79 Å². The first-order valence-electron chi connectivity index (χ1n) is 10.4. The van der Waals surface area contributed by atoms with Gasteiger partial charge in [0.1, 0.15) is 23.4 Å². The van der Waals surface area contributed by atoms with Gasteiger partial charge < -0.3 is 16.2 Å². The largest absolute Gasteiger partial charge is 0.416 e. The Bertz CT molecular complexity index is 1350. The van der Waals surface area contributed by atoms with Crippen molar-refractivity contribution < 1.29 is 23.1 Å². The van der Waals surface area contributed by atoms with E-state index in [4.69, 9.17) is 5.73 Å². The third-order valence-corrected chi connectivity index (χ3v) is 5.16. The molecule has 0 saturated carbocycles. The van der Waals surface area contributed by atoms with Crippen LogP contribution in [0.4, 0.5) is 24.8 Å². The monoisotopic (exact) mass is 483 g/mol. The van der Waals surface area contributed by atoms with Crippen molar-refractivity contribution in [2.45, 2.75) is 19.1 Å². The van der Waals surface area contributed by atoms with Crippen molar-refractivity contribution in [3.05, 3.63) is 83.2 Å². The van der Waals surface area contributed by atoms with Crippen LogP contribution in [-0.2, 0) is 6.18 Å². The molecule has 0 saturated heterocycles. The molecular weight excluding hydrogens is 463 g/mol. The first-order valence-corrected chi connectivity index (χ1v) is 10.4. The van der Waals surface area contributed by atoms with Crippen LogP contribution in [0.1, 0.15) is 33.1 Å². The van der Waals surface area contributed by atoms with Gasteiger partial charge in [-0.15, -0.1) is 5.10 Å². The van der Waals surface area contributed by atoms with Gasteiger partial charge in [-0.1, -0.05) is 17.3 Å². The molecule has 0 aliphatic heterocycles. The van der Waals surface area contributed by atoms with Gasteiger partial charge in [-0.2, -0.15) is 13.2 Å². The molecule has 0 aliphatic rings. The molecule has 4 rings (SSSR count). The molecule has 0 aliphatic carbocycles. The third-order valence-electron chi connectivity index (χ3n) is 5.16. The predicted molar refractivity (Wildman–Crippen MR) is 121 cm³/mol. The van der Waals surface area contributed by atoms with E-state index in [2.05, 4.69) is 25.6 Å². The Morgan fingerprint density at radius 2 is 1.86 bits per heavy atom. The number of pyridine rings is 2. The van der Waals surface area contributed by atoms with Crippen LogP contribution in [-0.4, -0.2) is 42.6 Å². The number of aromatic nitrogens is 5. The summed E-state index contributed by atoms with van der Waals surface area (Å²) in [5, 5.41) is 21.0. The van der Waals surface area contributed by atoms with Crippen LogP contribution in [0.3, 0.4) is 0 Å². The summed E-state index contributed by atoms with van der Waals surface area (Å²) in [6.45, 7) is 1.52. The number of anilines is 2. The zero-order valence-electron chi connectivity index (χ0n) is 18.4. The summed E-state index contributed by atoms with van der Waals surface area (Å²) in [4.78, 5) is 19.7. The van der Waals surface area contributed by atoms with E-state index in [-0.39, 0.29) is 18.2 Å². The quantitative estimate of drug-likeness (QED) is 0.367. The molecule has 180 valence electrons. The number of halogens is 3. The first-order chi connectivity index (χ1) is 16.6. The number of hydrogen-bond acceptors (Lipinski definition) is 7. The number of carbonyl (C=O) groups excluding carboxylic acids is 1. The van der Waals surface area contributed by atoms with Gasteiger partial charge in [0.15, 0.2) is 0 Å². The van der Waals surface area contributed by atoms with E-state index in [0.29, 0.717) is 22.5 Å². The van der Waals surface area contributed by atoms with Crippen LogP contribution in [0.5, 0.6) is 0 Å². The summed E-state index contributed by atoms with van der Waals surface area (Å²) < 4.78 is 40.5. The Balaban J connectivity index is 1.60. The maximum atomic E-state index is 13.0. The van der Waals surface area contributed by atoms with Crippen molar-refractivity contribution in [3.63, 3.8) is 0 Å². The Labute approximate surface area is 197 Å². The molecule has 1 atom stereocenters. The van der Waals surface area contributed by atoms with Crippen molar-refractivity contribution in [1.82, 2.24) is 25.0 Å². The number of primary amides is 1. The van der Waals surface area contributed by atoms with Crippen molar-refractivity contribution >= 4 is 17.5 Å². The number of alkyl halides is 3. The first kappa shape index (κ1) is 23.8. The van der Waals surface area contributed by atoms with Gasteiger partial charge >= 0.3 is 6.18 Å². The standard InChI is InChI=1S/C23H20F3N7O2/c1-13-8-17(29-21(9-13)30-20-10-16(6-7-28-20)23(24,25)26)18-11-33(32-31-18)19(12-34)14-2-4-15(5-3-14)22(27)35/h2-11,19,34H,12H2,1H3,(H2,27,35)(H,28,29,30). The molecule has 0 fully saturated rings. The molecular formula is C23H20F3N7O2. The maximum Gasteiger partial charge on any atom is 0.416 e. The number of rotatable bonds is 7. The summed E-state index contributed by atoms with van der Waals surface area (Å²) in [7, 11) is 0. The molecule has 3 heterocycles. The van der Waals surface area contributed by atoms with Crippen LogP contribution in [0.25, 0.3) is 11.4 Å². The molecule has 9 nitrogen and oxygen atoms in total. The Morgan fingerprint density at radius 1 is 1.11 bits per heavy atom. The summed E-state index contributed by atoms with van der Waals surface area (Å²) in [5.74, 6) is -0.287. The maximum absolute atomic E-state index is 13.0. The molecule has 4 N–H and O–H groups in total. The number of nitrogens with one attached hydrogen (secondary N) is 1.